The number of hydrogen-bond donors (Lipinski definition) is 1. The molecule has 118 valence electrons. The van der Waals surface area contributed by atoms with Crippen molar-refractivity contribution in [2.75, 3.05) is 19.3 Å². The fourth-order valence-corrected chi connectivity index (χ4v) is 3.61. The molecule has 1 aromatic carbocycles. The lowest BCUT2D eigenvalue weighted by Gasteiger charge is -2.33. The molecule has 0 atom stereocenters. The molecule has 0 heterocycles. The number of nitrogens with one attached hydrogen (secondary N) is 1. The zero-order valence-electron chi connectivity index (χ0n) is 12.7. The summed E-state index contributed by atoms with van der Waals surface area (Å²) in [6.45, 7) is 5.89. The van der Waals surface area contributed by atoms with Crippen LogP contribution < -0.4 is 5.32 Å². The van der Waals surface area contributed by atoms with Gasteiger partial charge in [0.1, 0.15) is 0 Å². The molecule has 0 aliphatic heterocycles. The van der Waals surface area contributed by atoms with Gasteiger partial charge in [0, 0.05) is 29.2 Å². The number of halogens is 1. The number of benzene rings is 1. The first-order chi connectivity index (χ1) is 9.51. The Hall–Kier alpha value is -1.11. The summed E-state index contributed by atoms with van der Waals surface area (Å²) in [5, 5.41) is 3.18. The Bertz CT molecular complexity index is 609. The molecule has 0 aromatic heterocycles. The zero-order chi connectivity index (χ0) is 16.3. The Kier molecular flexibility index (Phi) is 5.78. The van der Waals surface area contributed by atoms with Crippen molar-refractivity contribution in [1.82, 2.24) is 9.62 Å². The van der Waals surface area contributed by atoms with Crippen LogP contribution in [0.2, 0.25) is 5.02 Å². The van der Waals surface area contributed by atoms with Crippen LogP contribution in [0.3, 0.4) is 0 Å². The van der Waals surface area contributed by atoms with E-state index in [4.69, 9.17) is 11.6 Å². The van der Waals surface area contributed by atoms with E-state index in [1.807, 2.05) is 20.8 Å². The maximum Gasteiger partial charge on any atom is 0.251 e. The number of carbonyl (C=O) groups excluding carboxylic acids is 1. The largest absolute Gasteiger partial charge is 0.351 e. The molecule has 7 heteroatoms. The van der Waals surface area contributed by atoms with Gasteiger partial charge >= 0.3 is 0 Å². The lowest BCUT2D eigenvalue weighted by atomic mass is 10.1. The van der Waals surface area contributed by atoms with E-state index in [1.54, 1.807) is 24.3 Å². The minimum atomic E-state index is -3.33. The molecule has 1 aromatic rings. The van der Waals surface area contributed by atoms with Crippen LogP contribution >= 0.6 is 11.6 Å². The number of rotatable bonds is 5. The Morgan fingerprint density at radius 2 is 1.95 bits per heavy atom. The van der Waals surface area contributed by atoms with Crippen LogP contribution in [0.5, 0.6) is 0 Å². The van der Waals surface area contributed by atoms with E-state index in [9.17, 15) is 13.2 Å². The van der Waals surface area contributed by atoms with Gasteiger partial charge in [-0.3, -0.25) is 4.79 Å². The second-order valence-corrected chi connectivity index (χ2v) is 8.12. The number of amides is 1. The Morgan fingerprint density at radius 1 is 1.33 bits per heavy atom. The van der Waals surface area contributed by atoms with Crippen LogP contribution in [0.1, 0.15) is 31.1 Å². The number of carbonyl (C=O) groups is 1. The zero-order valence-corrected chi connectivity index (χ0v) is 14.3. The average Bonchev–Trinajstić information content (AvgIpc) is 2.31. The molecule has 0 saturated carbocycles. The van der Waals surface area contributed by atoms with Crippen molar-refractivity contribution < 1.29 is 13.2 Å². The van der Waals surface area contributed by atoms with Gasteiger partial charge in [0.25, 0.3) is 5.91 Å². The third-order valence-electron chi connectivity index (χ3n) is 2.84. The Labute approximate surface area is 131 Å². The first kappa shape index (κ1) is 17.9. The second-order valence-electron chi connectivity index (χ2n) is 5.77. The van der Waals surface area contributed by atoms with Crippen LogP contribution in [0.25, 0.3) is 0 Å². The van der Waals surface area contributed by atoms with Gasteiger partial charge < -0.3 is 5.32 Å². The fourth-order valence-electron chi connectivity index (χ4n) is 2.00. The average molecular weight is 333 g/mol. The summed E-state index contributed by atoms with van der Waals surface area (Å²) in [6.07, 6.45) is 1.16. The molecule has 0 saturated heterocycles. The fraction of sp³-hybridized carbons (Fsp3) is 0.500. The van der Waals surface area contributed by atoms with E-state index >= 15 is 0 Å². The van der Waals surface area contributed by atoms with Crippen molar-refractivity contribution >= 4 is 27.5 Å². The number of nitrogens with zero attached hydrogens (tertiary/aromatic N) is 1. The molecule has 1 amide bonds. The monoisotopic (exact) mass is 332 g/mol. The van der Waals surface area contributed by atoms with Crippen molar-refractivity contribution in [3.05, 3.63) is 34.9 Å². The van der Waals surface area contributed by atoms with Crippen LogP contribution in [0.4, 0.5) is 0 Å². The summed E-state index contributed by atoms with van der Waals surface area (Å²) in [6, 6.07) is 6.59. The molecule has 0 aliphatic rings. The van der Waals surface area contributed by atoms with Crippen LogP contribution in [0.15, 0.2) is 24.3 Å². The van der Waals surface area contributed by atoms with Crippen molar-refractivity contribution in [3.8, 4) is 0 Å². The predicted molar refractivity (Wildman–Crippen MR) is 85.1 cm³/mol. The summed E-state index contributed by atoms with van der Waals surface area (Å²) in [7, 11) is -3.33. The van der Waals surface area contributed by atoms with E-state index < -0.39 is 15.6 Å². The van der Waals surface area contributed by atoms with Crippen molar-refractivity contribution in [2.45, 2.75) is 26.3 Å². The van der Waals surface area contributed by atoms with E-state index in [0.717, 1.165) is 6.26 Å². The summed E-state index contributed by atoms with van der Waals surface area (Å²) in [4.78, 5) is 11.9. The summed E-state index contributed by atoms with van der Waals surface area (Å²) in [5.74, 6) is -0.278. The quantitative estimate of drug-likeness (QED) is 0.898. The number of sulfonamides is 1. The maximum absolute atomic E-state index is 11.9. The molecular weight excluding hydrogens is 312 g/mol. The molecule has 5 nitrogen and oxygen atoms in total. The van der Waals surface area contributed by atoms with Crippen molar-refractivity contribution in [2.24, 2.45) is 0 Å². The van der Waals surface area contributed by atoms with Gasteiger partial charge in [-0.1, -0.05) is 17.7 Å². The molecule has 21 heavy (non-hydrogen) atoms. The van der Waals surface area contributed by atoms with Crippen LogP contribution in [0, 0.1) is 0 Å². The summed E-state index contributed by atoms with van der Waals surface area (Å²) >= 11 is 5.83. The second kappa shape index (κ2) is 6.77. The van der Waals surface area contributed by atoms with Gasteiger partial charge in [-0.2, -0.15) is 4.31 Å². The Morgan fingerprint density at radius 3 is 2.43 bits per heavy atom. The molecule has 0 fully saturated rings. The minimum Gasteiger partial charge on any atom is -0.351 e. The lowest BCUT2D eigenvalue weighted by Crippen LogP contribution is -2.48. The standard InChI is InChI=1S/C14H21ClN2O3S/c1-14(2,3)17(21(4,19)20)9-8-16-13(18)11-6-5-7-12(15)10-11/h5-7,10H,8-9H2,1-4H3,(H,16,18). The Balaban J connectivity index is 2.65. The highest BCUT2D eigenvalue weighted by Crippen LogP contribution is 2.16. The van der Waals surface area contributed by atoms with Gasteiger partial charge in [0.05, 0.1) is 6.26 Å². The highest BCUT2D eigenvalue weighted by molar-refractivity contribution is 7.88. The molecule has 0 spiro atoms. The first-order valence-electron chi connectivity index (χ1n) is 6.53. The normalized spacial score (nSPS) is 12.5. The van der Waals surface area contributed by atoms with E-state index in [-0.39, 0.29) is 19.0 Å². The maximum atomic E-state index is 11.9. The van der Waals surface area contributed by atoms with E-state index in [2.05, 4.69) is 5.32 Å². The van der Waals surface area contributed by atoms with Crippen molar-refractivity contribution in [3.63, 3.8) is 0 Å². The molecule has 1 rings (SSSR count). The van der Waals surface area contributed by atoms with Crippen molar-refractivity contribution in [1.29, 1.82) is 0 Å². The van der Waals surface area contributed by atoms with Gasteiger partial charge in [-0.25, -0.2) is 8.42 Å². The molecule has 0 radical (unpaired) electrons. The van der Waals surface area contributed by atoms with Gasteiger partial charge in [-0.15, -0.1) is 0 Å². The molecule has 0 bridgehead atoms. The summed E-state index contributed by atoms with van der Waals surface area (Å²) in [5.41, 5.74) is -0.0851. The summed E-state index contributed by atoms with van der Waals surface area (Å²) < 4.78 is 24.9. The number of hydrogen-bond acceptors (Lipinski definition) is 3. The first-order valence-corrected chi connectivity index (χ1v) is 8.76. The highest BCUT2D eigenvalue weighted by atomic mass is 35.5. The molecule has 0 aliphatic carbocycles. The van der Waals surface area contributed by atoms with Crippen LogP contribution in [-0.4, -0.2) is 43.5 Å². The van der Waals surface area contributed by atoms with Gasteiger partial charge in [0.2, 0.25) is 10.0 Å². The predicted octanol–water partition coefficient (Wildman–Crippen LogP) is 2.13. The minimum absolute atomic E-state index is 0.217. The molecule has 1 N–H and O–H groups in total. The lowest BCUT2D eigenvalue weighted by molar-refractivity contribution is 0.0948. The van der Waals surface area contributed by atoms with Gasteiger partial charge in [-0.05, 0) is 39.0 Å². The topological polar surface area (TPSA) is 66.5 Å². The molecule has 0 unspecified atom stereocenters. The smallest absolute Gasteiger partial charge is 0.251 e. The van der Waals surface area contributed by atoms with E-state index in [1.165, 1.54) is 4.31 Å². The third-order valence-corrected chi connectivity index (χ3v) is 4.60. The van der Waals surface area contributed by atoms with Crippen LogP contribution in [-0.2, 0) is 10.0 Å². The van der Waals surface area contributed by atoms with E-state index in [0.29, 0.717) is 10.6 Å². The highest BCUT2D eigenvalue weighted by Gasteiger charge is 2.28. The third kappa shape index (κ3) is 5.65. The van der Waals surface area contributed by atoms with Gasteiger partial charge in [0.15, 0.2) is 0 Å². The SMILES string of the molecule is CC(C)(C)N(CCNC(=O)c1cccc(Cl)c1)S(C)(=O)=O. The molecular formula is C14H21ClN2O3S.